The highest BCUT2D eigenvalue weighted by molar-refractivity contribution is 5.72. The molecule has 4 heteroatoms. The Morgan fingerprint density at radius 2 is 2.25 bits per heavy atom. The van der Waals surface area contributed by atoms with Crippen molar-refractivity contribution in [2.24, 2.45) is 11.8 Å². The van der Waals surface area contributed by atoms with Crippen LogP contribution in [0.4, 0.5) is 0 Å². The van der Waals surface area contributed by atoms with Crippen LogP contribution < -0.4 is 0 Å². The van der Waals surface area contributed by atoms with Gasteiger partial charge in [-0.3, -0.25) is 4.79 Å². The number of carbonyl (C=O) groups is 1. The molecule has 0 radical (unpaired) electrons. The smallest absolute Gasteiger partial charge is 0.309 e. The number of esters is 1. The van der Waals surface area contributed by atoms with Crippen molar-refractivity contribution in [2.45, 2.75) is 32.3 Å². The van der Waals surface area contributed by atoms with Crippen molar-refractivity contribution in [3.63, 3.8) is 0 Å². The third kappa shape index (κ3) is 3.19. The van der Waals surface area contributed by atoms with E-state index in [1.807, 2.05) is 6.92 Å². The van der Waals surface area contributed by atoms with E-state index in [4.69, 9.17) is 14.2 Å². The summed E-state index contributed by atoms with van der Waals surface area (Å²) in [7, 11) is 0. The Balaban J connectivity index is 1.70. The van der Waals surface area contributed by atoms with Gasteiger partial charge >= 0.3 is 5.97 Å². The maximum absolute atomic E-state index is 11.8. The van der Waals surface area contributed by atoms with Gasteiger partial charge in [0, 0.05) is 19.1 Å². The topological polar surface area (TPSA) is 44.8 Å². The Hall–Kier alpha value is -0.610. The first kappa shape index (κ1) is 11.9. The molecular weight excluding hydrogens is 208 g/mol. The summed E-state index contributed by atoms with van der Waals surface area (Å²) in [6.45, 7) is 4.73. The number of hydrogen-bond donors (Lipinski definition) is 0. The highest BCUT2D eigenvalue weighted by Crippen LogP contribution is 2.22. The third-order valence-corrected chi connectivity index (χ3v) is 3.30. The molecule has 2 aliphatic heterocycles. The Morgan fingerprint density at radius 1 is 1.38 bits per heavy atom. The van der Waals surface area contributed by atoms with Gasteiger partial charge in [-0.05, 0) is 26.2 Å². The van der Waals surface area contributed by atoms with Crippen molar-refractivity contribution in [3.05, 3.63) is 0 Å². The summed E-state index contributed by atoms with van der Waals surface area (Å²) >= 11 is 0. The second kappa shape index (κ2) is 5.64. The molecule has 0 aliphatic carbocycles. The van der Waals surface area contributed by atoms with Crippen molar-refractivity contribution >= 4 is 5.97 Å². The fourth-order valence-corrected chi connectivity index (χ4v) is 2.24. The number of rotatable bonds is 3. The summed E-state index contributed by atoms with van der Waals surface area (Å²) in [6, 6.07) is 0. The predicted octanol–water partition coefficient (Wildman–Crippen LogP) is 1.38. The molecule has 2 fully saturated rings. The molecule has 3 atom stereocenters. The summed E-state index contributed by atoms with van der Waals surface area (Å²) in [4.78, 5) is 11.8. The second-order valence-corrected chi connectivity index (χ2v) is 4.76. The van der Waals surface area contributed by atoms with E-state index < -0.39 is 0 Å². The van der Waals surface area contributed by atoms with E-state index in [9.17, 15) is 4.79 Å². The van der Waals surface area contributed by atoms with Crippen molar-refractivity contribution < 1.29 is 19.0 Å². The van der Waals surface area contributed by atoms with E-state index in [0.717, 1.165) is 32.5 Å². The number of ether oxygens (including phenoxy) is 3. The first-order valence-electron chi connectivity index (χ1n) is 6.11. The lowest BCUT2D eigenvalue weighted by Gasteiger charge is -2.26. The zero-order valence-electron chi connectivity index (χ0n) is 9.81. The Labute approximate surface area is 96.2 Å². The SMILES string of the molecule is C[C@H]1C[C@H](C(=O)OCC2CCOC2)CCO1. The zero-order chi connectivity index (χ0) is 11.4. The molecule has 2 aliphatic rings. The van der Waals surface area contributed by atoms with Gasteiger partial charge in [0.1, 0.15) is 0 Å². The Bertz CT molecular complexity index is 235. The van der Waals surface area contributed by atoms with Crippen LogP contribution in [0.2, 0.25) is 0 Å². The van der Waals surface area contributed by atoms with Gasteiger partial charge < -0.3 is 14.2 Å². The zero-order valence-corrected chi connectivity index (χ0v) is 9.81. The molecule has 2 saturated heterocycles. The average Bonchev–Trinajstić information content (AvgIpc) is 2.78. The fraction of sp³-hybridized carbons (Fsp3) is 0.917. The lowest BCUT2D eigenvalue weighted by atomic mass is 9.96. The lowest BCUT2D eigenvalue weighted by Crippen LogP contribution is -2.30. The van der Waals surface area contributed by atoms with Gasteiger partial charge in [-0.1, -0.05) is 0 Å². The standard InChI is InChI=1S/C12H20O4/c1-9-6-11(3-5-15-9)12(13)16-8-10-2-4-14-7-10/h9-11H,2-8H2,1H3/t9-,10?,11+/m0/s1. The van der Waals surface area contributed by atoms with Crippen LogP contribution >= 0.6 is 0 Å². The van der Waals surface area contributed by atoms with Crippen LogP contribution in [0.5, 0.6) is 0 Å². The highest BCUT2D eigenvalue weighted by Gasteiger charge is 2.27. The van der Waals surface area contributed by atoms with Crippen LogP contribution in [-0.4, -0.2) is 38.5 Å². The minimum Gasteiger partial charge on any atom is -0.465 e. The van der Waals surface area contributed by atoms with Crippen molar-refractivity contribution in [1.82, 2.24) is 0 Å². The molecule has 16 heavy (non-hydrogen) atoms. The van der Waals surface area contributed by atoms with Gasteiger partial charge in [0.25, 0.3) is 0 Å². The maximum atomic E-state index is 11.8. The van der Waals surface area contributed by atoms with E-state index in [-0.39, 0.29) is 18.0 Å². The molecule has 0 aromatic heterocycles. The summed E-state index contributed by atoms with van der Waals surface area (Å²) in [5.74, 6) is 0.384. The first-order valence-corrected chi connectivity index (χ1v) is 6.11. The monoisotopic (exact) mass is 228 g/mol. The molecule has 0 N–H and O–H groups in total. The second-order valence-electron chi connectivity index (χ2n) is 4.76. The molecule has 92 valence electrons. The minimum atomic E-state index is -0.0537. The molecule has 0 saturated carbocycles. The quantitative estimate of drug-likeness (QED) is 0.685. The maximum Gasteiger partial charge on any atom is 0.309 e. The van der Waals surface area contributed by atoms with Crippen LogP contribution in [0.25, 0.3) is 0 Å². The molecule has 0 aromatic carbocycles. The molecule has 0 amide bonds. The number of carbonyl (C=O) groups excluding carboxylic acids is 1. The largest absolute Gasteiger partial charge is 0.465 e. The molecule has 4 nitrogen and oxygen atoms in total. The minimum absolute atomic E-state index is 0.0334. The number of hydrogen-bond acceptors (Lipinski definition) is 4. The van der Waals surface area contributed by atoms with E-state index in [0.29, 0.717) is 19.1 Å². The van der Waals surface area contributed by atoms with Crippen molar-refractivity contribution in [2.75, 3.05) is 26.4 Å². The van der Waals surface area contributed by atoms with Crippen LogP contribution in [0.3, 0.4) is 0 Å². The van der Waals surface area contributed by atoms with Gasteiger partial charge in [0.2, 0.25) is 0 Å². The van der Waals surface area contributed by atoms with Gasteiger partial charge in [-0.2, -0.15) is 0 Å². The van der Waals surface area contributed by atoms with Gasteiger partial charge in [-0.15, -0.1) is 0 Å². The molecule has 2 heterocycles. The van der Waals surface area contributed by atoms with Gasteiger partial charge in [-0.25, -0.2) is 0 Å². The Kier molecular flexibility index (Phi) is 4.18. The van der Waals surface area contributed by atoms with Crippen LogP contribution in [0, 0.1) is 11.8 Å². The van der Waals surface area contributed by atoms with E-state index in [1.165, 1.54) is 0 Å². The molecule has 0 aromatic rings. The van der Waals surface area contributed by atoms with E-state index in [2.05, 4.69) is 0 Å². The van der Waals surface area contributed by atoms with Gasteiger partial charge in [0.15, 0.2) is 0 Å². The normalized spacial score (nSPS) is 34.9. The van der Waals surface area contributed by atoms with Crippen LogP contribution in [-0.2, 0) is 19.0 Å². The van der Waals surface area contributed by atoms with Crippen LogP contribution in [0.15, 0.2) is 0 Å². The van der Waals surface area contributed by atoms with Gasteiger partial charge in [0.05, 0.1) is 25.2 Å². The lowest BCUT2D eigenvalue weighted by molar-refractivity contribution is -0.154. The summed E-state index contributed by atoms with van der Waals surface area (Å²) in [6.07, 6.45) is 2.78. The van der Waals surface area contributed by atoms with E-state index >= 15 is 0 Å². The fourth-order valence-electron chi connectivity index (χ4n) is 2.24. The molecule has 2 rings (SSSR count). The predicted molar refractivity (Wildman–Crippen MR) is 58.0 cm³/mol. The van der Waals surface area contributed by atoms with Crippen LogP contribution in [0.1, 0.15) is 26.2 Å². The molecule has 0 spiro atoms. The molecular formula is C12H20O4. The molecule has 0 bridgehead atoms. The van der Waals surface area contributed by atoms with Crippen molar-refractivity contribution in [3.8, 4) is 0 Å². The summed E-state index contributed by atoms with van der Waals surface area (Å²) < 4.78 is 16.0. The Morgan fingerprint density at radius 3 is 2.94 bits per heavy atom. The summed E-state index contributed by atoms with van der Waals surface area (Å²) in [5, 5.41) is 0. The van der Waals surface area contributed by atoms with Crippen molar-refractivity contribution in [1.29, 1.82) is 0 Å². The average molecular weight is 228 g/mol. The summed E-state index contributed by atoms with van der Waals surface area (Å²) in [5.41, 5.74) is 0. The first-order chi connectivity index (χ1) is 7.75. The van der Waals surface area contributed by atoms with E-state index in [1.54, 1.807) is 0 Å². The molecule has 1 unspecified atom stereocenters. The highest BCUT2D eigenvalue weighted by atomic mass is 16.5. The third-order valence-electron chi connectivity index (χ3n) is 3.30.